The lowest BCUT2D eigenvalue weighted by molar-refractivity contribution is 0.385. The Morgan fingerprint density at radius 1 is 1.29 bits per heavy atom. The van der Waals surface area contributed by atoms with Crippen molar-refractivity contribution in [1.82, 2.24) is 5.32 Å². The molecule has 0 aliphatic heterocycles. The molecule has 3 heteroatoms. The topological polar surface area (TPSA) is 21.3 Å². The first-order valence-electron chi connectivity index (χ1n) is 6.11. The van der Waals surface area contributed by atoms with E-state index in [0.29, 0.717) is 11.7 Å². The van der Waals surface area contributed by atoms with E-state index in [-0.39, 0.29) is 11.9 Å². The standard InChI is InChI=1S/C14H22FNO/c1-10(2)7-8-16-11(3)12-5-6-14(17-4)13(15)9-12/h5-6,9-11,16H,7-8H2,1-4H3/t11-/m0/s1. The fourth-order valence-electron chi connectivity index (χ4n) is 1.66. The van der Waals surface area contributed by atoms with Crippen molar-refractivity contribution in [2.75, 3.05) is 13.7 Å². The Labute approximate surface area is 103 Å². The average molecular weight is 239 g/mol. The van der Waals surface area contributed by atoms with Crippen LogP contribution in [0.4, 0.5) is 4.39 Å². The lowest BCUT2D eigenvalue weighted by Gasteiger charge is -2.16. The molecule has 1 N–H and O–H groups in total. The maximum Gasteiger partial charge on any atom is 0.165 e. The van der Waals surface area contributed by atoms with Crippen LogP contribution < -0.4 is 10.1 Å². The zero-order valence-electron chi connectivity index (χ0n) is 11.1. The number of benzene rings is 1. The minimum Gasteiger partial charge on any atom is -0.494 e. The summed E-state index contributed by atoms with van der Waals surface area (Å²) in [5.74, 6) is 0.674. The summed E-state index contributed by atoms with van der Waals surface area (Å²) in [5, 5.41) is 3.39. The fraction of sp³-hybridized carbons (Fsp3) is 0.571. The van der Waals surface area contributed by atoms with Gasteiger partial charge >= 0.3 is 0 Å². The van der Waals surface area contributed by atoms with Crippen molar-refractivity contribution < 1.29 is 9.13 Å². The summed E-state index contributed by atoms with van der Waals surface area (Å²) in [7, 11) is 1.47. The third-order valence-corrected chi connectivity index (χ3v) is 2.85. The summed E-state index contributed by atoms with van der Waals surface area (Å²) in [6.07, 6.45) is 1.13. The number of nitrogens with one attached hydrogen (secondary N) is 1. The second-order valence-electron chi connectivity index (χ2n) is 4.75. The molecule has 0 spiro atoms. The van der Waals surface area contributed by atoms with Gasteiger partial charge in [0.2, 0.25) is 0 Å². The molecule has 1 rings (SSSR count). The molecule has 96 valence electrons. The molecular formula is C14H22FNO. The van der Waals surface area contributed by atoms with Gasteiger partial charge in [0.15, 0.2) is 11.6 Å². The van der Waals surface area contributed by atoms with Gasteiger partial charge in [-0.2, -0.15) is 0 Å². The zero-order chi connectivity index (χ0) is 12.8. The molecule has 0 saturated heterocycles. The Kier molecular flexibility index (Phi) is 5.42. The molecule has 0 aromatic heterocycles. The number of rotatable bonds is 6. The van der Waals surface area contributed by atoms with Crippen LogP contribution in [-0.4, -0.2) is 13.7 Å². The molecular weight excluding hydrogens is 217 g/mol. The largest absolute Gasteiger partial charge is 0.494 e. The summed E-state index contributed by atoms with van der Waals surface area (Å²) in [5.41, 5.74) is 0.951. The Balaban J connectivity index is 2.57. The van der Waals surface area contributed by atoms with E-state index in [1.54, 1.807) is 6.07 Å². The third kappa shape index (κ3) is 4.35. The SMILES string of the molecule is COc1ccc([C@H](C)NCCC(C)C)cc1F. The predicted octanol–water partition coefficient (Wildman–Crippen LogP) is 3.53. The summed E-state index contributed by atoms with van der Waals surface area (Å²) in [6, 6.07) is 5.26. The fourth-order valence-corrected chi connectivity index (χ4v) is 1.66. The smallest absolute Gasteiger partial charge is 0.165 e. The quantitative estimate of drug-likeness (QED) is 0.820. The van der Waals surface area contributed by atoms with Crippen LogP contribution in [0, 0.1) is 11.7 Å². The second-order valence-corrected chi connectivity index (χ2v) is 4.75. The molecule has 1 aromatic carbocycles. The van der Waals surface area contributed by atoms with Crippen LogP contribution in [-0.2, 0) is 0 Å². The molecule has 0 radical (unpaired) electrons. The monoisotopic (exact) mass is 239 g/mol. The first kappa shape index (κ1) is 14.0. The van der Waals surface area contributed by atoms with Crippen LogP contribution in [0.15, 0.2) is 18.2 Å². The van der Waals surface area contributed by atoms with Gasteiger partial charge in [-0.1, -0.05) is 19.9 Å². The van der Waals surface area contributed by atoms with Crippen LogP contribution >= 0.6 is 0 Å². The number of hydrogen-bond acceptors (Lipinski definition) is 2. The van der Waals surface area contributed by atoms with E-state index in [1.807, 2.05) is 13.0 Å². The third-order valence-electron chi connectivity index (χ3n) is 2.85. The van der Waals surface area contributed by atoms with Crippen molar-refractivity contribution in [2.24, 2.45) is 5.92 Å². The summed E-state index contributed by atoms with van der Waals surface area (Å²) >= 11 is 0. The van der Waals surface area contributed by atoms with Crippen molar-refractivity contribution in [3.05, 3.63) is 29.6 Å². The first-order valence-corrected chi connectivity index (χ1v) is 6.11. The molecule has 0 unspecified atom stereocenters. The zero-order valence-corrected chi connectivity index (χ0v) is 11.1. The van der Waals surface area contributed by atoms with Crippen molar-refractivity contribution in [2.45, 2.75) is 33.2 Å². The molecule has 0 aliphatic rings. The molecule has 0 bridgehead atoms. The minimum atomic E-state index is -0.303. The van der Waals surface area contributed by atoms with Crippen molar-refractivity contribution in [3.8, 4) is 5.75 Å². The van der Waals surface area contributed by atoms with E-state index < -0.39 is 0 Å². The van der Waals surface area contributed by atoms with Gasteiger partial charge in [-0.15, -0.1) is 0 Å². The molecule has 0 saturated carbocycles. The Morgan fingerprint density at radius 2 is 2.00 bits per heavy atom. The van der Waals surface area contributed by atoms with E-state index in [0.717, 1.165) is 18.5 Å². The van der Waals surface area contributed by atoms with Crippen LogP contribution in [0.25, 0.3) is 0 Å². The van der Waals surface area contributed by atoms with Gasteiger partial charge in [0.1, 0.15) is 0 Å². The second kappa shape index (κ2) is 6.60. The van der Waals surface area contributed by atoms with Crippen molar-refractivity contribution in [3.63, 3.8) is 0 Å². The molecule has 0 heterocycles. The maximum atomic E-state index is 13.5. The van der Waals surface area contributed by atoms with Crippen LogP contribution in [0.1, 0.15) is 38.8 Å². The highest BCUT2D eigenvalue weighted by atomic mass is 19.1. The van der Waals surface area contributed by atoms with Crippen LogP contribution in [0.3, 0.4) is 0 Å². The van der Waals surface area contributed by atoms with Crippen molar-refractivity contribution in [1.29, 1.82) is 0 Å². The number of hydrogen-bond donors (Lipinski definition) is 1. The molecule has 17 heavy (non-hydrogen) atoms. The van der Waals surface area contributed by atoms with E-state index in [4.69, 9.17) is 4.74 Å². The molecule has 0 amide bonds. The van der Waals surface area contributed by atoms with Crippen LogP contribution in [0.2, 0.25) is 0 Å². The number of ether oxygens (including phenoxy) is 1. The van der Waals surface area contributed by atoms with Gasteiger partial charge in [0.05, 0.1) is 7.11 Å². The molecule has 0 fully saturated rings. The normalized spacial score (nSPS) is 12.8. The maximum absolute atomic E-state index is 13.5. The highest BCUT2D eigenvalue weighted by Gasteiger charge is 2.09. The number of methoxy groups -OCH3 is 1. The lowest BCUT2D eigenvalue weighted by atomic mass is 10.1. The highest BCUT2D eigenvalue weighted by Crippen LogP contribution is 2.21. The lowest BCUT2D eigenvalue weighted by Crippen LogP contribution is -2.21. The van der Waals surface area contributed by atoms with Gasteiger partial charge in [0.25, 0.3) is 0 Å². The van der Waals surface area contributed by atoms with Crippen molar-refractivity contribution >= 4 is 0 Å². The Morgan fingerprint density at radius 3 is 2.53 bits per heavy atom. The van der Waals surface area contributed by atoms with E-state index in [2.05, 4.69) is 19.2 Å². The van der Waals surface area contributed by atoms with Gasteiger partial charge in [-0.25, -0.2) is 4.39 Å². The van der Waals surface area contributed by atoms with Gasteiger partial charge < -0.3 is 10.1 Å². The van der Waals surface area contributed by atoms with E-state index in [9.17, 15) is 4.39 Å². The molecule has 1 atom stereocenters. The van der Waals surface area contributed by atoms with Crippen LogP contribution in [0.5, 0.6) is 5.75 Å². The Hall–Kier alpha value is -1.09. The summed E-state index contributed by atoms with van der Waals surface area (Å²) < 4.78 is 18.4. The molecule has 2 nitrogen and oxygen atoms in total. The number of halogens is 1. The first-order chi connectivity index (χ1) is 8.04. The van der Waals surface area contributed by atoms with Gasteiger partial charge in [-0.05, 0) is 43.5 Å². The highest BCUT2D eigenvalue weighted by molar-refractivity contribution is 5.30. The predicted molar refractivity (Wildman–Crippen MR) is 68.8 cm³/mol. The molecule has 1 aromatic rings. The summed E-state index contributed by atoms with van der Waals surface area (Å²) in [4.78, 5) is 0. The molecule has 0 aliphatic carbocycles. The minimum absolute atomic E-state index is 0.161. The Bertz CT molecular complexity index is 352. The van der Waals surface area contributed by atoms with Gasteiger partial charge in [-0.3, -0.25) is 0 Å². The van der Waals surface area contributed by atoms with E-state index in [1.165, 1.54) is 13.2 Å². The average Bonchev–Trinajstić information content (AvgIpc) is 2.28. The van der Waals surface area contributed by atoms with Gasteiger partial charge in [0, 0.05) is 6.04 Å². The summed E-state index contributed by atoms with van der Waals surface area (Å²) in [6.45, 7) is 7.38. The van der Waals surface area contributed by atoms with E-state index >= 15 is 0 Å².